The van der Waals surface area contributed by atoms with Crippen molar-refractivity contribution in [2.24, 2.45) is 11.8 Å². The summed E-state index contributed by atoms with van der Waals surface area (Å²) in [5.41, 5.74) is 0. The summed E-state index contributed by atoms with van der Waals surface area (Å²) in [5.74, 6) is 1.88. The summed E-state index contributed by atoms with van der Waals surface area (Å²) < 4.78 is 22.7. The molecule has 1 saturated carbocycles. The van der Waals surface area contributed by atoms with Crippen LogP contribution in [-0.4, -0.2) is 32.5 Å². The second kappa shape index (κ2) is 6.74. The van der Waals surface area contributed by atoms with Crippen LogP contribution in [0.5, 0.6) is 0 Å². The van der Waals surface area contributed by atoms with Crippen molar-refractivity contribution in [3.05, 3.63) is 0 Å². The van der Waals surface area contributed by atoms with Crippen molar-refractivity contribution in [1.29, 1.82) is 0 Å². The molecule has 2 unspecified atom stereocenters. The molecule has 1 fully saturated rings. The standard InChI is InChI=1S/C13H27NO2S/c1-4-17(15,16)9-5-6-11(2)12(3)10-14-13-7-8-13/h11-14H,4-10H2,1-3H3. The smallest absolute Gasteiger partial charge is 0.150 e. The molecule has 3 nitrogen and oxygen atoms in total. The molecule has 17 heavy (non-hydrogen) atoms. The van der Waals surface area contributed by atoms with Gasteiger partial charge in [0.1, 0.15) is 9.84 Å². The van der Waals surface area contributed by atoms with Crippen LogP contribution in [0.3, 0.4) is 0 Å². The van der Waals surface area contributed by atoms with E-state index >= 15 is 0 Å². The summed E-state index contributed by atoms with van der Waals surface area (Å²) in [6.45, 7) is 7.29. The van der Waals surface area contributed by atoms with Crippen molar-refractivity contribution in [1.82, 2.24) is 5.32 Å². The molecular weight excluding hydrogens is 234 g/mol. The second-order valence-electron chi connectivity index (χ2n) is 5.52. The van der Waals surface area contributed by atoms with Crippen LogP contribution < -0.4 is 5.32 Å². The Bertz CT molecular complexity index is 309. The fourth-order valence-electron chi connectivity index (χ4n) is 1.90. The Hall–Kier alpha value is -0.0900. The second-order valence-corrected chi connectivity index (χ2v) is 7.99. The zero-order valence-corrected chi connectivity index (χ0v) is 12.2. The zero-order chi connectivity index (χ0) is 12.9. The Morgan fingerprint density at radius 1 is 1.24 bits per heavy atom. The third-order valence-electron chi connectivity index (χ3n) is 3.83. The van der Waals surface area contributed by atoms with Crippen molar-refractivity contribution in [2.45, 2.75) is 52.5 Å². The molecule has 0 bridgehead atoms. The van der Waals surface area contributed by atoms with Crippen molar-refractivity contribution in [3.63, 3.8) is 0 Å². The molecule has 2 atom stereocenters. The predicted molar refractivity (Wildman–Crippen MR) is 72.9 cm³/mol. The summed E-state index contributed by atoms with van der Waals surface area (Å²) in [7, 11) is -2.77. The van der Waals surface area contributed by atoms with E-state index < -0.39 is 9.84 Å². The van der Waals surface area contributed by atoms with Crippen molar-refractivity contribution >= 4 is 9.84 Å². The molecule has 1 N–H and O–H groups in total. The molecule has 0 heterocycles. The molecule has 0 aromatic carbocycles. The van der Waals surface area contributed by atoms with Gasteiger partial charge in [-0.15, -0.1) is 0 Å². The Morgan fingerprint density at radius 2 is 1.88 bits per heavy atom. The number of hydrogen-bond acceptors (Lipinski definition) is 3. The number of rotatable bonds is 9. The first kappa shape index (κ1) is 15.0. The third kappa shape index (κ3) is 6.41. The quantitative estimate of drug-likeness (QED) is 0.692. The van der Waals surface area contributed by atoms with Crippen LogP contribution in [0, 0.1) is 11.8 Å². The fourth-order valence-corrected chi connectivity index (χ4v) is 2.79. The van der Waals surface area contributed by atoms with E-state index in [-0.39, 0.29) is 5.75 Å². The van der Waals surface area contributed by atoms with Gasteiger partial charge in [0.05, 0.1) is 5.75 Å². The van der Waals surface area contributed by atoms with Gasteiger partial charge < -0.3 is 5.32 Å². The van der Waals surface area contributed by atoms with Gasteiger partial charge >= 0.3 is 0 Å². The maximum atomic E-state index is 11.4. The molecule has 0 radical (unpaired) electrons. The van der Waals surface area contributed by atoms with Gasteiger partial charge in [-0.2, -0.15) is 0 Å². The molecule has 0 saturated heterocycles. The van der Waals surface area contributed by atoms with Crippen LogP contribution in [0.1, 0.15) is 46.5 Å². The number of hydrogen-bond donors (Lipinski definition) is 1. The molecule has 1 rings (SSSR count). The first-order chi connectivity index (χ1) is 7.94. The first-order valence-corrected chi connectivity index (χ1v) is 8.70. The minimum absolute atomic E-state index is 0.278. The van der Waals surface area contributed by atoms with Crippen LogP contribution in [0.25, 0.3) is 0 Å². The van der Waals surface area contributed by atoms with Gasteiger partial charge in [-0.3, -0.25) is 0 Å². The van der Waals surface area contributed by atoms with Crippen LogP contribution >= 0.6 is 0 Å². The highest BCUT2D eigenvalue weighted by Gasteiger charge is 2.22. The molecule has 0 aromatic heterocycles. The minimum Gasteiger partial charge on any atom is -0.314 e. The van der Waals surface area contributed by atoms with E-state index in [1.807, 2.05) is 0 Å². The molecular formula is C13H27NO2S. The van der Waals surface area contributed by atoms with E-state index in [1.54, 1.807) is 6.92 Å². The van der Waals surface area contributed by atoms with Crippen molar-refractivity contribution in [3.8, 4) is 0 Å². The first-order valence-electron chi connectivity index (χ1n) is 6.88. The largest absolute Gasteiger partial charge is 0.314 e. The number of sulfone groups is 1. The highest BCUT2D eigenvalue weighted by Crippen LogP contribution is 2.21. The molecule has 4 heteroatoms. The van der Waals surface area contributed by atoms with E-state index in [2.05, 4.69) is 19.2 Å². The van der Waals surface area contributed by atoms with Gasteiger partial charge in [-0.05, 0) is 44.1 Å². The maximum Gasteiger partial charge on any atom is 0.150 e. The van der Waals surface area contributed by atoms with Gasteiger partial charge in [-0.25, -0.2) is 8.42 Å². The molecule has 0 amide bonds. The van der Waals surface area contributed by atoms with Gasteiger partial charge in [-0.1, -0.05) is 20.8 Å². The predicted octanol–water partition coefficient (Wildman–Crippen LogP) is 2.23. The summed E-state index contributed by atoms with van der Waals surface area (Å²) in [4.78, 5) is 0. The Balaban J connectivity index is 2.12. The molecule has 0 aromatic rings. The molecule has 1 aliphatic carbocycles. The van der Waals surface area contributed by atoms with Crippen LogP contribution in [-0.2, 0) is 9.84 Å². The lowest BCUT2D eigenvalue weighted by Crippen LogP contribution is -2.27. The van der Waals surface area contributed by atoms with E-state index in [0.717, 1.165) is 25.4 Å². The summed E-state index contributed by atoms with van der Waals surface area (Å²) in [5, 5.41) is 3.54. The van der Waals surface area contributed by atoms with Crippen LogP contribution in [0.2, 0.25) is 0 Å². The SMILES string of the molecule is CCS(=O)(=O)CCCC(C)C(C)CNC1CC1. The Kier molecular flexibility index (Phi) is 5.93. The van der Waals surface area contributed by atoms with E-state index in [9.17, 15) is 8.42 Å². The van der Waals surface area contributed by atoms with E-state index in [0.29, 0.717) is 17.6 Å². The average molecular weight is 261 g/mol. The van der Waals surface area contributed by atoms with E-state index in [4.69, 9.17) is 0 Å². The monoisotopic (exact) mass is 261 g/mol. The van der Waals surface area contributed by atoms with Gasteiger partial charge in [0.25, 0.3) is 0 Å². The summed E-state index contributed by atoms with van der Waals surface area (Å²) in [6, 6.07) is 0.769. The summed E-state index contributed by atoms with van der Waals surface area (Å²) in [6.07, 6.45) is 4.49. The van der Waals surface area contributed by atoms with Gasteiger partial charge in [0, 0.05) is 11.8 Å². The van der Waals surface area contributed by atoms with Crippen molar-refractivity contribution in [2.75, 3.05) is 18.1 Å². The highest BCUT2D eigenvalue weighted by atomic mass is 32.2. The molecule has 1 aliphatic rings. The average Bonchev–Trinajstić information content (AvgIpc) is 3.09. The highest BCUT2D eigenvalue weighted by molar-refractivity contribution is 7.91. The normalized spacial score (nSPS) is 20.2. The number of nitrogens with one attached hydrogen (secondary N) is 1. The lowest BCUT2D eigenvalue weighted by molar-refractivity contribution is 0.344. The Morgan fingerprint density at radius 3 is 2.41 bits per heavy atom. The van der Waals surface area contributed by atoms with Crippen LogP contribution in [0.15, 0.2) is 0 Å². The molecule has 0 aliphatic heterocycles. The van der Waals surface area contributed by atoms with Gasteiger partial charge in [0.2, 0.25) is 0 Å². The van der Waals surface area contributed by atoms with Gasteiger partial charge in [0.15, 0.2) is 0 Å². The fraction of sp³-hybridized carbons (Fsp3) is 1.00. The van der Waals surface area contributed by atoms with Crippen LogP contribution in [0.4, 0.5) is 0 Å². The third-order valence-corrected chi connectivity index (χ3v) is 5.62. The maximum absolute atomic E-state index is 11.4. The Labute approximate surface area is 106 Å². The lowest BCUT2D eigenvalue weighted by atomic mass is 9.92. The lowest BCUT2D eigenvalue weighted by Gasteiger charge is -2.20. The van der Waals surface area contributed by atoms with Crippen molar-refractivity contribution < 1.29 is 8.42 Å². The topological polar surface area (TPSA) is 46.2 Å². The minimum atomic E-state index is -2.77. The summed E-state index contributed by atoms with van der Waals surface area (Å²) >= 11 is 0. The zero-order valence-electron chi connectivity index (χ0n) is 11.4. The van der Waals surface area contributed by atoms with E-state index in [1.165, 1.54) is 12.8 Å². The molecule has 102 valence electrons. The molecule has 0 spiro atoms.